The molecule has 0 saturated carbocycles. The Balaban J connectivity index is 0. The topological polar surface area (TPSA) is 43.4 Å². The molecule has 0 N–H and O–H groups in total. The summed E-state index contributed by atoms with van der Waals surface area (Å²) >= 11 is 0. The van der Waals surface area contributed by atoms with Crippen LogP contribution in [0.1, 0.15) is 125 Å². The average molecular weight is 455 g/mol. The van der Waals surface area contributed by atoms with Gasteiger partial charge in [0, 0.05) is 0 Å². The number of unbranched alkanes of at least 4 members (excludes halogenated alkanes) is 9. The van der Waals surface area contributed by atoms with E-state index in [4.69, 9.17) is 0 Å². The van der Waals surface area contributed by atoms with E-state index in [0.29, 0.717) is 6.42 Å². The Morgan fingerprint density at radius 1 is 0.567 bits per heavy atom. The van der Waals surface area contributed by atoms with Gasteiger partial charge in [-0.05, 0) is 36.6 Å². The molecule has 0 aromatic heterocycles. The standard InChI is InChI=1S/C16H36N.C8H17FO3S/c1-5-9-13-17(14-10-6-2,15-11-7-3)16-12-8-4;1-2-3-4-5-6-7-8-13(10,11)12-9/h5-16H2,1-4H3;2-8H2,1H3/q+1;. The molecule has 0 radical (unpaired) electrons. The summed E-state index contributed by atoms with van der Waals surface area (Å²) in [5, 5.41) is 0. The Labute approximate surface area is 188 Å². The van der Waals surface area contributed by atoms with E-state index in [-0.39, 0.29) is 5.75 Å². The summed E-state index contributed by atoms with van der Waals surface area (Å²) in [5.74, 6) is -0.213. The normalized spacial score (nSPS) is 11.9. The predicted molar refractivity (Wildman–Crippen MR) is 129 cm³/mol. The van der Waals surface area contributed by atoms with Gasteiger partial charge in [0.05, 0.1) is 31.9 Å². The Morgan fingerprint density at radius 2 is 0.900 bits per heavy atom. The molecule has 0 aliphatic rings. The van der Waals surface area contributed by atoms with Crippen LogP contribution in [-0.4, -0.2) is 44.8 Å². The zero-order valence-corrected chi connectivity index (χ0v) is 21.7. The largest absolute Gasteiger partial charge is 0.324 e. The van der Waals surface area contributed by atoms with Crippen LogP contribution in [0.4, 0.5) is 4.53 Å². The second-order valence-electron chi connectivity index (χ2n) is 8.74. The lowest BCUT2D eigenvalue weighted by Gasteiger charge is -2.39. The number of hydrogen-bond acceptors (Lipinski definition) is 3. The van der Waals surface area contributed by atoms with Gasteiger partial charge in [-0.1, -0.05) is 96.8 Å². The van der Waals surface area contributed by atoms with Gasteiger partial charge in [-0.15, -0.1) is 0 Å². The first kappa shape index (κ1) is 32.0. The molecule has 184 valence electrons. The third kappa shape index (κ3) is 19.7. The maximum Gasteiger partial charge on any atom is 0.297 e. The Kier molecular flexibility index (Phi) is 23.5. The maximum absolute atomic E-state index is 11.3. The molecule has 0 aromatic rings. The summed E-state index contributed by atoms with van der Waals surface area (Å²) in [5.41, 5.74) is 0. The van der Waals surface area contributed by atoms with Crippen molar-refractivity contribution in [1.82, 2.24) is 0 Å². The van der Waals surface area contributed by atoms with Crippen molar-refractivity contribution >= 4 is 10.1 Å². The SMILES string of the molecule is CCCCCCCCS(=O)(=O)OF.CCCC[N+](CCCC)(CCCC)CCCC. The Bertz CT molecular complexity index is 406. The lowest BCUT2D eigenvalue weighted by atomic mass is 10.1. The summed E-state index contributed by atoms with van der Waals surface area (Å²) in [6.07, 6.45) is 16.8. The van der Waals surface area contributed by atoms with Gasteiger partial charge in [0.1, 0.15) is 0 Å². The molecule has 0 heterocycles. The van der Waals surface area contributed by atoms with Gasteiger partial charge in [0.25, 0.3) is 10.1 Å². The van der Waals surface area contributed by atoms with E-state index in [1.807, 2.05) is 0 Å². The molecular weight excluding hydrogens is 401 g/mol. The minimum absolute atomic E-state index is 0.213. The number of hydrogen-bond donors (Lipinski definition) is 0. The van der Waals surface area contributed by atoms with Crippen LogP contribution < -0.4 is 0 Å². The van der Waals surface area contributed by atoms with Crippen LogP contribution in [0.25, 0.3) is 0 Å². The highest BCUT2D eigenvalue weighted by Gasteiger charge is 2.24. The fourth-order valence-corrected chi connectivity index (χ4v) is 4.36. The van der Waals surface area contributed by atoms with Crippen molar-refractivity contribution in [2.24, 2.45) is 0 Å². The van der Waals surface area contributed by atoms with Gasteiger partial charge in [0.2, 0.25) is 0 Å². The van der Waals surface area contributed by atoms with Crippen LogP contribution in [-0.2, 0) is 14.5 Å². The van der Waals surface area contributed by atoms with Crippen LogP contribution in [0.5, 0.6) is 0 Å². The molecule has 0 aliphatic heterocycles. The molecule has 0 aromatic carbocycles. The highest BCUT2D eigenvalue weighted by atomic mass is 32.2. The van der Waals surface area contributed by atoms with E-state index in [0.717, 1.165) is 25.7 Å². The third-order valence-corrected chi connectivity index (χ3v) is 6.77. The zero-order valence-electron chi connectivity index (χ0n) is 20.9. The van der Waals surface area contributed by atoms with Crippen molar-refractivity contribution in [2.75, 3.05) is 31.9 Å². The molecule has 0 fully saturated rings. The smallest absolute Gasteiger partial charge is 0.297 e. The summed E-state index contributed by atoms with van der Waals surface area (Å²) in [7, 11) is -3.88. The van der Waals surface area contributed by atoms with Gasteiger partial charge >= 0.3 is 0 Å². The monoisotopic (exact) mass is 454 g/mol. The molecule has 0 spiro atoms. The number of halogens is 1. The van der Waals surface area contributed by atoms with Crippen molar-refractivity contribution in [2.45, 2.75) is 125 Å². The first-order valence-corrected chi connectivity index (χ1v) is 14.3. The third-order valence-electron chi connectivity index (χ3n) is 5.79. The van der Waals surface area contributed by atoms with Gasteiger partial charge in [0.15, 0.2) is 0 Å². The van der Waals surface area contributed by atoms with Crippen molar-refractivity contribution in [3.05, 3.63) is 0 Å². The van der Waals surface area contributed by atoms with Gasteiger partial charge in [-0.25, -0.2) is 0 Å². The van der Waals surface area contributed by atoms with Crippen LogP contribution in [0.2, 0.25) is 0 Å². The van der Waals surface area contributed by atoms with Crippen molar-refractivity contribution in [1.29, 1.82) is 0 Å². The Hall–Kier alpha value is -0.200. The van der Waals surface area contributed by atoms with E-state index in [1.54, 1.807) is 0 Å². The summed E-state index contributed by atoms with van der Waals surface area (Å²) in [6.45, 7) is 17.1. The van der Waals surface area contributed by atoms with Gasteiger partial charge in [-0.3, -0.25) is 0 Å². The van der Waals surface area contributed by atoms with Crippen molar-refractivity contribution < 1.29 is 21.8 Å². The van der Waals surface area contributed by atoms with Crippen molar-refractivity contribution in [3.63, 3.8) is 0 Å². The summed E-state index contributed by atoms with van der Waals surface area (Å²) in [6, 6.07) is 0. The van der Waals surface area contributed by atoms with Crippen LogP contribution >= 0.6 is 0 Å². The number of rotatable bonds is 20. The molecule has 0 atom stereocenters. The molecule has 6 heteroatoms. The lowest BCUT2D eigenvalue weighted by Crippen LogP contribution is -2.50. The van der Waals surface area contributed by atoms with Crippen LogP contribution in [0, 0.1) is 0 Å². The van der Waals surface area contributed by atoms with E-state index < -0.39 is 10.1 Å². The fourth-order valence-electron chi connectivity index (χ4n) is 3.74. The predicted octanol–water partition coefficient (Wildman–Crippen LogP) is 7.58. The average Bonchev–Trinajstić information content (AvgIpc) is 2.75. The molecular formula is C24H53FNO3S+. The number of nitrogens with zero attached hydrogens (tertiary/aromatic N) is 1. The Morgan fingerprint density at radius 3 is 1.23 bits per heavy atom. The molecule has 0 rings (SSSR count). The van der Waals surface area contributed by atoms with E-state index in [2.05, 4.69) is 39.0 Å². The second-order valence-corrected chi connectivity index (χ2v) is 10.4. The van der Waals surface area contributed by atoms with Gasteiger partial charge < -0.3 is 4.48 Å². The number of quaternary nitrogens is 1. The van der Waals surface area contributed by atoms with Gasteiger partial charge in [-0.2, -0.15) is 8.42 Å². The second kappa shape index (κ2) is 22.0. The molecule has 0 aliphatic carbocycles. The molecule has 0 bridgehead atoms. The highest BCUT2D eigenvalue weighted by molar-refractivity contribution is 7.86. The molecule has 0 unspecified atom stereocenters. The van der Waals surface area contributed by atoms with E-state index in [1.165, 1.54) is 88.4 Å². The lowest BCUT2D eigenvalue weighted by molar-refractivity contribution is -0.929. The zero-order chi connectivity index (χ0) is 23.1. The highest BCUT2D eigenvalue weighted by Crippen LogP contribution is 2.16. The molecule has 4 nitrogen and oxygen atoms in total. The van der Waals surface area contributed by atoms with Crippen LogP contribution in [0.15, 0.2) is 0 Å². The summed E-state index contributed by atoms with van der Waals surface area (Å²) in [4.78, 5) is 0. The minimum Gasteiger partial charge on any atom is -0.324 e. The first-order valence-electron chi connectivity index (χ1n) is 12.7. The fraction of sp³-hybridized carbons (Fsp3) is 1.00. The summed E-state index contributed by atoms with van der Waals surface area (Å²) < 4.78 is 36.6. The van der Waals surface area contributed by atoms with E-state index in [9.17, 15) is 12.9 Å². The minimum atomic E-state index is -3.88. The maximum atomic E-state index is 11.3. The molecule has 0 amide bonds. The van der Waals surface area contributed by atoms with Crippen LogP contribution in [0.3, 0.4) is 0 Å². The van der Waals surface area contributed by atoms with E-state index >= 15 is 0 Å². The molecule has 30 heavy (non-hydrogen) atoms. The van der Waals surface area contributed by atoms with Crippen molar-refractivity contribution in [3.8, 4) is 0 Å². The first-order chi connectivity index (χ1) is 14.4. The molecule has 0 saturated heterocycles. The quantitative estimate of drug-likeness (QED) is 0.141.